The summed E-state index contributed by atoms with van der Waals surface area (Å²) >= 11 is 0. The van der Waals surface area contributed by atoms with Gasteiger partial charge in [0.2, 0.25) is 5.88 Å². The molecule has 3 rings (SSSR count). The number of esters is 1. The van der Waals surface area contributed by atoms with Crippen LogP contribution in [0.4, 0.5) is 18.9 Å². The smallest absolute Gasteiger partial charge is 0.416 e. The van der Waals surface area contributed by atoms with Gasteiger partial charge in [0.25, 0.3) is 5.91 Å². The van der Waals surface area contributed by atoms with E-state index in [2.05, 4.69) is 20.4 Å². The lowest BCUT2D eigenvalue weighted by molar-refractivity contribution is -0.137. The summed E-state index contributed by atoms with van der Waals surface area (Å²) in [7, 11) is 0. The molecule has 0 saturated heterocycles. The van der Waals surface area contributed by atoms with Crippen molar-refractivity contribution in [1.82, 2.24) is 19.7 Å². The molecular formula is C19H16F3N5O4. The number of nitrogens with zero attached hydrogens (tertiary/aromatic N) is 4. The summed E-state index contributed by atoms with van der Waals surface area (Å²) in [4.78, 5) is 32.2. The van der Waals surface area contributed by atoms with Gasteiger partial charge in [-0.1, -0.05) is 0 Å². The lowest BCUT2D eigenvalue weighted by Gasteiger charge is -2.14. The van der Waals surface area contributed by atoms with Crippen molar-refractivity contribution >= 4 is 17.6 Å². The van der Waals surface area contributed by atoms with Gasteiger partial charge in [-0.15, -0.1) is 0 Å². The van der Waals surface area contributed by atoms with Crippen LogP contribution in [0.5, 0.6) is 5.88 Å². The van der Waals surface area contributed by atoms with Gasteiger partial charge in [-0.05, 0) is 37.3 Å². The molecule has 0 aliphatic carbocycles. The zero-order chi connectivity index (χ0) is 22.4. The first-order valence-electron chi connectivity index (χ1n) is 8.90. The maximum Gasteiger partial charge on any atom is 0.416 e. The van der Waals surface area contributed by atoms with Gasteiger partial charge in [-0.3, -0.25) is 4.79 Å². The van der Waals surface area contributed by atoms with Gasteiger partial charge >= 0.3 is 12.1 Å². The second-order valence-corrected chi connectivity index (χ2v) is 5.98. The van der Waals surface area contributed by atoms with Gasteiger partial charge in [0.1, 0.15) is 18.2 Å². The van der Waals surface area contributed by atoms with Crippen molar-refractivity contribution in [3.8, 4) is 11.6 Å². The number of aromatic nitrogens is 4. The van der Waals surface area contributed by atoms with Crippen molar-refractivity contribution in [1.29, 1.82) is 0 Å². The number of hydrogen-bond donors (Lipinski definition) is 1. The zero-order valence-corrected chi connectivity index (χ0v) is 16.1. The zero-order valence-electron chi connectivity index (χ0n) is 16.1. The van der Waals surface area contributed by atoms with Gasteiger partial charge in [0.15, 0.2) is 6.61 Å². The first-order chi connectivity index (χ1) is 14.8. The van der Waals surface area contributed by atoms with Crippen LogP contribution in [-0.2, 0) is 15.7 Å². The summed E-state index contributed by atoms with van der Waals surface area (Å²) in [5.41, 5.74) is -0.992. The number of nitrogens with one attached hydrogen (secondary N) is 1. The molecule has 31 heavy (non-hydrogen) atoms. The van der Waals surface area contributed by atoms with E-state index in [0.29, 0.717) is 0 Å². The minimum atomic E-state index is -4.62. The van der Waals surface area contributed by atoms with E-state index >= 15 is 0 Å². The number of pyridine rings is 1. The van der Waals surface area contributed by atoms with Gasteiger partial charge in [-0.25, -0.2) is 19.4 Å². The monoisotopic (exact) mass is 435 g/mol. The van der Waals surface area contributed by atoms with Crippen LogP contribution in [0.2, 0.25) is 0 Å². The van der Waals surface area contributed by atoms with Gasteiger partial charge < -0.3 is 14.8 Å². The summed E-state index contributed by atoms with van der Waals surface area (Å²) in [6.45, 7) is 1.23. The van der Waals surface area contributed by atoms with Crippen LogP contribution < -0.4 is 10.1 Å². The summed E-state index contributed by atoms with van der Waals surface area (Å²) in [5.74, 6) is -1.68. The van der Waals surface area contributed by atoms with E-state index in [9.17, 15) is 22.8 Å². The fraction of sp³-hybridized carbons (Fsp3) is 0.211. The Morgan fingerprint density at radius 1 is 1.23 bits per heavy atom. The third-order valence-corrected chi connectivity index (χ3v) is 3.87. The number of ether oxygens (including phenoxy) is 2. The Kier molecular flexibility index (Phi) is 6.48. The van der Waals surface area contributed by atoms with E-state index in [4.69, 9.17) is 9.47 Å². The Morgan fingerprint density at radius 2 is 2.03 bits per heavy atom. The molecule has 0 bridgehead atoms. The van der Waals surface area contributed by atoms with Crippen molar-refractivity contribution in [2.75, 3.05) is 18.5 Å². The summed E-state index contributed by atoms with van der Waals surface area (Å²) in [6.07, 6.45) is -0.749. The lowest BCUT2D eigenvalue weighted by Crippen LogP contribution is -2.22. The molecule has 2 aromatic heterocycles. The van der Waals surface area contributed by atoms with Crippen LogP contribution in [0.15, 0.2) is 49.2 Å². The predicted octanol–water partition coefficient (Wildman–Crippen LogP) is 2.88. The molecule has 2 heterocycles. The largest absolute Gasteiger partial charge is 0.477 e. The molecule has 162 valence electrons. The highest BCUT2D eigenvalue weighted by atomic mass is 19.4. The average molecular weight is 435 g/mol. The standard InChI is InChI=1S/C19H16F3N5O4/c1-2-30-17-13(4-3-7-24-17)18(29)31-9-16(28)26-14-8-12(19(20,21)22)5-6-15(14)27-11-23-10-25-27/h3-8,10-11H,2,9H2,1H3,(H,26,28). The average Bonchev–Trinajstić information content (AvgIpc) is 3.26. The molecule has 9 nitrogen and oxygen atoms in total. The summed E-state index contributed by atoms with van der Waals surface area (Å²) in [5, 5.41) is 6.16. The van der Waals surface area contributed by atoms with Crippen molar-refractivity contribution in [2.24, 2.45) is 0 Å². The highest BCUT2D eigenvalue weighted by Crippen LogP contribution is 2.33. The normalized spacial score (nSPS) is 11.1. The predicted molar refractivity (Wildman–Crippen MR) is 101 cm³/mol. The molecular weight excluding hydrogens is 419 g/mol. The van der Waals surface area contributed by atoms with E-state index in [1.54, 1.807) is 6.92 Å². The maximum atomic E-state index is 13.1. The highest BCUT2D eigenvalue weighted by molar-refractivity contribution is 5.97. The van der Waals surface area contributed by atoms with Gasteiger partial charge in [0, 0.05) is 6.20 Å². The molecule has 1 aromatic carbocycles. The summed E-state index contributed by atoms with van der Waals surface area (Å²) in [6, 6.07) is 5.65. The topological polar surface area (TPSA) is 108 Å². The third-order valence-electron chi connectivity index (χ3n) is 3.87. The van der Waals surface area contributed by atoms with Crippen LogP contribution in [0.1, 0.15) is 22.8 Å². The molecule has 0 unspecified atom stereocenters. The molecule has 0 atom stereocenters. The minimum absolute atomic E-state index is 0.0134. The minimum Gasteiger partial charge on any atom is -0.477 e. The van der Waals surface area contributed by atoms with Crippen molar-refractivity contribution < 1.29 is 32.2 Å². The van der Waals surface area contributed by atoms with Crippen molar-refractivity contribution in [3.63, 3.8) is 0 Å². The van der Waals surface area contributed by atoms with Crippen LogP contribution in [0.3, 0.4) is 0 Å². The highest BCUT2D eigenvalue weighted by Gasteiger charge is 2.31. The van der Waals surface area contributed by atoms with E-state index in [1.807, 2.05) is 0 Å². The number of benzene rings is 1. The number of carbonyl (C=O) groups is 2. The number of halogens is 3. The maximum absolute atomic E-state index is 13.1. The van der Waals surface area contributed by atoms with E-state index in [1.165, 1.54) is 35.7 Å². The number of anilines is 1. The second-order valence-electron chi connectivity index (χ2n) is 5.98. The Morgan fingerprint density at radius 3 is 2.71 bits per heavy atom. The lowest BCUT2D eigenvalue weighted by atomic mass is 10.1. The summed E-state index contributed by atoms with van der Waals surface area (Å²) < 4.78 is 50.6. The first kappa shape index (κ1) is 21.7. The Labute approximate surface area is 173 Å². The Balaban J connectivity index is 1.75. The van der Waals surface area contributed by atoms with E-state index < -0.39 is 30.2 Å². The van der Waals surface area contributed by atoms with Gasteiger partial charge in [-0.2, -0.15) is 18.3 Å². The Hall–Kier alpha value is -3.96. The molecule has 0 aliphatic heterocycles. The van der Waals surface area contributed by atoms with E-state index in [-0.39, 0.29) is 29.4 Å². The van der Waals surface area contributed by atoms with Crippen LogP contribution >= 0.6 is 0 Å². The number of carbonyl (C=O) groups excluding carboxylic acids is 2. The molecule has 0 saturated carbocycles. The SMILES string of the molecule is CCOc1ncccc1C(=O)OCC(=O)Nc1cc(C(F)(F)F)ccc1-n1cncn1. The van der Waals surface area contributed by atoms with Gasteiger partial charge in [0.05, 0.1) is 23.5 Å². The van der Waals surface area contributed by atoms with Crippen LogP contribution in [0, 0.1) is 0 Å². The molecule has 0 radical (unpaired) electrons. The number of alkyl halides is 3. The van der Waals surface area contributed by atoms with Crippen molar-refractivity contribution in [3.05, 3.63) is 60.3 Å². The molecule has 0 fully saturated rings. The molecule has 1 N–H and O–H groups in total. The van der Waals surface area contributed by atoms with Crippen LogP contribution in [0.25, 0.3) is 5.69 Å². The second kappa shape index (κ2) is 9.24. The Bertz CT molecular complexity index is 1070. The quantitative estimate of drug-likeness (QED) is 0.569. The fourth-order valence-electron chi connectivity index (χ4n) is 2.54. The van der Waals surface area contributed by atoms with E-state index in [0.717, 1.165) is 18.2 Å². The molecule has 0 aliphatic rings. The van der Waals surface area contributed by atoms with Crippen LogP contribution in [-0.4, -0.2) is 44.8 Å². The third kappa shape index (κ3) is 5.35. The fourth-order valence-corrected chi connectivity index (χ4v) is 2.54. The molecule has 0 spiro atoms. The number of amides is 1. The molecule has 1 amide bonds. The number of hydrogen-bond acceptors (Lipinski definition) is 7. The number of rotatable bonds is 7. The first-order valence-corrected chi connectivity index (χ1v) is 8.90. The van der Waals surface area contributed by atoms with Crippen molar-refractivity contribution in [2.45, 2.75) is 13.1 Å². The molecule has 3 aromatic rings. The molecule has 12 heteroatoms.